The SMILES string of the molecule is COC(=O)C(C)CC(=O)C[C@@H](C)[C@H]1CC(=O)[C@@]2(C)[C@@H]3C(O)C[C@H]4C(C)(C)C(O)CC[C@]4(C)[C@H]3C(=O)C(OC(C)=O)[C@]12C. The number of aliphatic hydroxyl groups excluding tert-OH is 2. The molecule has 0 radical (unpaired) electrons. The highest BCUT2D eigenvalue weighted by Crippen LogP contribution is 2.73. The summed E-state index contributed by atoms with van der Waals surface area (Å²) in [4.78, 5) is 66.5. The number of esters is 2. The molecule has 12 atom stereocenters. The van der Waals surface area contributed by atoms with Gasteiger partial charge in [0.2, 0.25) is 0 Å². The highest BCUT2D eigenvalue weighted by Gasteiger charge is 2.78. The summed E-state index contributed by atoms with van der Waals surface area (Å²) in [6, 6.07) is 0. The number of fused-ring (bicyclic) bond motifs is 5. The van der Waals surface area contributed by atoms with Gasteiger partial charge in [0.25, 0.3) is 0 Å². The minimum Gasteiger partial charge on any atom is -0.469 e. The number of hydrogen-bond donors (Lipinski definition) is 2. The van der Waals surface area contributed by atoms with Crippen LogP contribution in [0.15, 0.2) is 0 Å². The lowest BCUT2D eigenvalue weighted by Gasteiger charge is -2.67. The molecule has 2 N–H and O–H groups in total. The molecule has 4 saturated carbocycles. The minimum absolute atomic E-state index is 0.00274. The van der Waals surface area contributed by atoms with Crippen molar-refractivity contribution in [3.63, 3.8) is 0 Å². The number of hydrogen-bond acceptors (Lipinski definition) is 9. The molecular formula is C33H50O9. The molecule has 0 spiro atoms. The summed E-state index contributed by atoms with van der Waals surface area (Å²) < 4.78 is 10.7. The van der Waals surface area contributed by atoms with Crippen LogP contribution < -0.4 is 0 Å². The normalized spacial score (nSPS) is 43.8. The van der Waals surface area contributed by atoms with Gasteiger partial charge in [-0.2, -0.15) is 0 Å². The zero-order valence-electron chi connectivity index (χ0n) is 26.7. The molecule has 9 heteroatoms. The molecule has 4 unspecified atom stereocenters. The highest BCUT2D eigenvalue weighted by atomic mass is 16.5. The number of Topliss-reactive ketones (excluding diaryl/α,β-unsaturated/α-hetero) is 3. The first-order chi connectivity index (χ1) is 19.3. The zero-order chi connectivity index (χ0) is 31.7. The third kappa shape index (κ3) is 4.51. The van der Waals surface area contributed by atoms with Crippen LogP contribution in [0.5, 0.6) is 0 Å². The van der Waals surface area contributed by atoms with Crippen LogP contribution in [-0.2, 0) is 33.4 Å². The van der Waals surface area contributed by atoms with Gasteiger partial charge in [-0.3, -0.25) is 24.0 Å². The van der Waals surface area contributed by atoms with Crippen LogP contribution in [-0.4, -0.2) is 64.9 Å². The van der Waals surface area contributed by atoms with Crippen LogP contribution in [0.25, 0.3) is 0 Å². The highest BCUT2D eigenvalue weighted by molar-refractivity contribution is 5.98. The fourth-order valence-electron chi connectivity index (χ4n) is 10.4. The molecule has 0 aromatic rings. The molecule has 0 bridgehead atoms. The number of carbonyl (C=O) groups excluding carboxylic acids is 5. The quantitative estimate of drug-likeness (QED) is 0.424. The Labute approximate surface area is 249 Å². The topological polar surface area (TPSA) is 144 Å². The first-order valence-corrected chi connectivity index (χ1v) is 15.5. The predicted octanol–water partition coefficient (Wildman–Crippen LogP) is 3.70. The minimum atomic E-state index is -1.22. The van der Waals surface area contributed by atoms with Crippen molar-refractivity contribution in [3.8, 4) is 0 Å². The molecular weight excluding hydrogens is 540 g/mol. The van der Waals surface area contributed by atoms with Crippen LogP contribution in [0.4, 0.5) is 0 Å². The molecule has 42 heavy (non-hydrogen) atoms. The molecule has 9 nitrogen and oxygen atoms in total. The van der Waals surface area contributed by atoms with Crippen molar-refractivity contribution in [3.05, 3.63) is 0 Å². The smallest absolute Gasteiger partial charge is 0.308 e. The van der Waals surface area contributed by atoms with E-state index in [1.54, 1.807) is 6.92 Å². The second-order valence-electron chi connectivity index (χ2n) is 15.2. The van der Waals surface area contributed by atoms with E-state index in [-0.39, 0.29) is 48.4 Å². The molecule has 0 heterocycles. The van der Waals surface area contributed by atoms with E-state index in [1.165, 1.54) is 14.0 Å². The first kappa shape index (κ1) is 32.8. The Hall–Kier alpha value is -2.13. The number of methoxy groups -OCH3 is 1. The van der Waals surface area contributed by atoms with Crippen molar-refractivity contribution in [1.29, 1.82) is 0 Å². The Balaban J connectivity index is 1.79. The van der Waals surface area contributed by atoms with Crippen molar-refractivity contribution in [1.82, 2.24) is 0 Å². The van der Waals surface area contributed by atoms with E-state index in [0.717, 1.165) is 0 Å². The maximum Gasteiger partial charge on any atom is 0.308 e. The summed E-state index contributed by atoms with van der Waals surface area (Å²) in [5.41, 5.74) is -3.53. The van der Waals surface area contributed by atoms with Crippen LogP contribution in [0.2, 0.25) is 0 Å². The summed E-state index contributed by atoms with van der Waals surface area (Å²) in [5.74, 6) is -4.63. The molecule has 0 amide bonds. The fraction of sp³-hybridized carbons (Fsp3) is 0.848. The molecule has 0 aromatic heterocycles. The molecule has 0 aliphatic heterocycles. The third-order valence-electron chi connectivity index (χ3n) is 12.8. The second kappa shape index (κ2) is 10.8. The van der Waals surface area contributed by atoms with E-state index < -0.39 is 75.6 Å². The predicted molar refractivity (Wildman–Crippen MR) is 153 cm³/mol. The van der Waals surface area contributed by atoms with Crippen molar-refractivity contribution in [2.45, 2.75) is 112 Å². The van der Waals surface area contributed by atoms with Gasteiger partial charge in [-0.05, 0) is 47.8 Å². The molecule has 0 aromatic carbocycles. The van der Waals surface area contributed by atoms with Crippen LogP contribution in [0.1, 0.15) is 93.9 Å². The zero-order valence-corrected chi connectivity index (χ0v) is 26.7. The van der Waals surface area contributed by atoms with E-state index >= 15 is 0 Å². The summed E-state index contributed by atoms with van der Waals surface area (Å²) in [7, 11) is 1.28. The van der Waals surface area contributed by atoms with Gasteiger partial charge in [0.05, 0.1) is 25.2 Å². The van der Waals surface area contributed by atoms with Crippen molar-refractivity contribution in [2.75, 3.05) is 7.11 Å². The van der Waals surface area contributed by atoms with E-state index in [1.807, 2.05) is 41.5 Å². The summed E-state index contributed by atoms with van der Waals surface area (Å²) >= 11 is 0. The summed E-state index contributed by atoms with van der Waals surface area (Å²) in [6.07, 6.45) is -1.17. The molecule has 4 rings (SSSR count). The van der Waals surface area contributed by atoms with E-state index in [9.17, 15) is 34.2 Å². The van der Waals surface area contributed by atoms with Gasteiger partial charge in [0, 0.05) is 48.9 Å². The van der Waals surface area contributed by atoms with Crippen molar-refractivity contribution >= 4 is 29.3 Å². The largest absolute Gasteiger partial charge is 0.469 e. The third-order valence-corrected chi connectivity index (χ3v) is 12.8. The van der Waals surface area contributed by atoms with Gasteiger partial charge in [0.15, 0.2) is 11.9 Å². The van der Waals surface area contributed by atoms with Crippen molar-refractivity contribution in [2.24, 2.45) is 57.2 Å². The number of ether oxygens (including phenoxy) is 2. The van der Waals surface area contributed by atoms with E-state index in [4.69, 9.17) is 9.47 Å². The lowest BCUT2D eigenvalue weighted by atomic mass is 9.36. The summed E-state index contributed by atoms with van der Waals surface area (Å²) in [5, 5.41) is 22.8. The number of ketones is 3. The van der Waals surface area contributed by atoms with E-state index in [2.05, 4.69) is 0 Å². The Morgan fingerprint density at radius 1 is 1.02 bits per heavy atom. The second-order valence-corrected chi connectivity index (χ2v) is 15.2. The molecule has 4 fully saturated rings. The monoisotopic (exact) mass is 590 g/mol. The number of aliphatic hydroxyl groups is 2. The molecule has 236 valence electrons. The van der Waals surface area contributed by atoms with Crippen molar-refractivity contribution < 1.29 is 43.7 Å². The maximum atomic E-state index is 14.8. The average Bonchev–Trinajstić information content (AvgIpc) is 3.11. The van der Waals surface area contributed by atoms with Gasteiger partial charge in [-0.25, -0.2) is 0 Å². The van der Waals surface area contributed by atoms with E-state index in [0.29, 0.717) is 19.3 Å². The van der Waals surface area contributed by atoms with Gasteiger partial charge in [-0.1, -0.05) is 48.5 Å². The first-order valence-electron chi connectivity index (χ1n) is 15.5. The van der Waals surface area contributed by atoms with Gasteiger partial charge >= 0.3 is 11.9 Å². The Morgan fingerprint density at radius 2 is 1.64 bits per heavy atom. The molecule has 4 aliphatic carbocycles. The van der Waals surface area contributed by atoms with Gasteiger partial charge in [0.1, 0.15) is 11.6 Å². The van der Waals surface area contributed by atoms with Crippen LogP contribution in [0.3, 0.4) is 0 Å². The molecule has 4 aliphatic rings. The van der Waals surface area contributed by atoms with Crippen LogP contribution >= 0.6 is 0 Å². The Bertz CT molecular complexity index is 1160. The molecule has 0 saturated heterocycles. The van der Waals surface area contributed by atoms with Gasteiger partial charge < -0.3 is 19.7 Å². The van der Waals surface area contributed by atoms with Gasteiger partial charge in [-0.15, -0.1) is 0 Å². The summed E-state index contributed by atoms with van der Waals surface area (Å²) in [6.45, 7) is 14.4. The Kier molecular flexibility index (Phi) is 8.42. The maximum absolute atomic E-state index is 14.8. The standard InChI is InChI=1S/C33H50O9/c1-16(12-19(35)13-17(2)29(40)41-9)20-14-24(38)33(8)25-21(36)15-22-30(4,5)23(37)10-11-31(22,6)26(25)27(39)28(32(20,33)7)42-18(3)34/h16-17,20-23,25-26,28,36-37H,10-15H2,1-9H3/t16-,17?,20-,21?,22+,23?,25-,26-,28?,31+,32+,33+/m1/s1. The fourth-order valence-corrected chi connectivity index (χ4v) is 10.4. The number of rotatable bonds is 7. The lowest BCUT2D eigenvalue weighted by Crippen LogP contribution is -2.73. The Morgan fingerprint density at radius 3 is 2.21 bits per heavy atom. The van der Waals surface area contributed by atoms with Crippen LogP contribution in [0, 0.1) is 57.2 Å². The number of carbonyl (C=O) groups is 5. The average molecular weight is 591 g/mol. The lowest BCUT2D eigenvalue weighted by molar-refractivity contribution is -0.245.